The second-order valence-electron chi connectivity index (χ2n) is 3.84. The monoisotopic (exact) mass is 207 g/mol. The summed E-state index contributed by atoms with van der Waals surface area (Å²) in [4.78, 5) is 12.7. The number of hydrogen-bond donors (Lipinski definition) is 1. The van der Waals surface area contributed by atoms with Gasteiger partial charge in [0.1, 0.15) is 6.04 Å². The van der Waals surface area contributed by atoms with E-state index in [2.05, 4.69) is 0 Å². The molecule has 0 saturated heterocycles. The van der Waals surface area contributed by atoms with Gasteiger partial charge >= 0.3 is 5.97 Å². The molecule has 0 aliphatic heterocycles. The number of aliphatic carboxylic acids is 1. The third-order valence-electron chi connectivity index (χ3n) is 2.89. The van der Waals surface area contributed by atoms with Gasteiger partial charge in [-0.3, -0.25) is 0 Å². The van der Waals surface area contributed by atoms with Crippen LogP contribution in [0.4, 0.5) is 5.69 Å². The van der Waals surface area contributed by atoms with Gasteiger partial charge < -0.3 is 10.0 Å². The normalized spacial score (nSPS) is 12.3. The van der Waals surface area contributed by atoms with E-state index >= 15 is 0 Å². The van der Waals surface area contributed by atoms with Crippen molar-refractivity contribution in [3.05, 3.63) is 29.3 Å². The van der Waals surface area contributed by atoms with Crippen molar-refractivity contribution < 1.29 is 9.90 Å². The minimum atomic E-state index is -0.807. The molecule has 3 heteroatoms. The summed E-state index contributed by atoms with van der Waals surface area (Å²) in [6, 6.07) is 5.41. The van der Waals surface area contributed by atoms with Gasteiger partial charge in [0.05, 0.1) is 0 Å². The summed E-state index contributed by atoms with van der Waals surface area (Å²) in [6.45, 7) is 5.72. The molecule has 0 fully saturated rings. The van der Waals surface area contributed by atoms with Crippen LogP contribution in [0.5, 0.6) is 0 Å². The maximum absolute atomic E-state index is 10.9. The van der Waals surface area contributed by atoms with Crippen molar-refractivity contribution in [2.24, 2.45) is 0 Å². The fraction of sp³-hybridized carbons (Fsp3) is 0.417. The Hall–Kier alpha value is -1.51. The van der Waals surface area contributed by atoms with Crippen molar-refractivity contribution in [3.8, 4) is 0 Å². The maximum Gasteiger partial charge on any atom is 0.326 e. The summed E-state index contributed by atoms with van der Waals surface area (Å²) in [5.41, 5.74) is 3.29. The van der Waals surface area contributed by atoms with E-state index in [4.69, 9.17) is 5.11 Å². The van der Waals surface area contributed by atoms with Crippen LogP contribution in [-0.2, 0) is 4.79 Å². The van der Waals surface area contributed by atoms with E-state index in [-0.39, 0.29) is 0 Å². The van der Waals surface area contributed by atoms with Crippen molar-refractivity contribution in [2.45, 2.75) is 26.8 Å². The molecule has 0 unspecified atom stereocenters. The summed E-state index contributed by atoms with van der Waals surface area (Å²) < 4.78 is 0. The molecule has 3 nitrogen and oxygen atoms in total. The lowest BCUT2D eigenvalue weighted by molar-refractivity contribution is -0.138. The van der Waals surface area contributed by atoms with Gasteiger partial charge in [-0.25, -0.2) is 4.79 Å². The van der Waals surface area contributed by atoms with Gasteiger partial charge in [-0.15, -0.1) is 0 Å². The SMILES string of the molecule is Cc1cccc(N(C)[C@@H](C)C(=O)O)c1C. The zero-order chi connectivity index (χ0) is 11.6. The molecule has 0 bridgehead atoms. The summed E-state index contributed by atoms with van der Waals surface area (Å²) >= 11 is 0. The van der Waals surface area contributed by atoms with Gasteiger partial charge in [0, 0.05) is 12.7 Å². The molecule has 0 saturated carbocycles. The van der Waals surface area contributed by atoms with Gasteiger partial charge in [-0.05, 0) is 38.0 Å². The third-order valence-corrected chi connectivity index (χ3v) is 2.89. The van der Waals surface area contributed by atoms with Crippen LogP contribution in [0.2, 0.25) is 0 Å². The molecule has 0 heterocycles. The van der Waals surface area contributed by atoms with E-state index in [9.17, 15) is 4.79 Å². The summed E-state index contributed by atoms with van der Waals surface area (Å²) in [5.74, 6) is -0.807. The molecular weight excluding hydrogens is 190 g/mol. The van der Waals surface area contributed by atoms with E-state index in [1.165, 1.54) is 5.56 Å². The van der Waals surface area contributed by atoms with E-state index in [0.29, 0.717) is 0 Å². The molecule has 0 spiro atoms. The van der Waals surface area contributed by atoms with Crippen molar-refractivity contribution in [1.29, 1.82) is 0 Å². The molecule has 1 rings (SSSR count). The first-order valence-corrected chi connectivity index (χ1v) is 4.97. The number of carboxylic acid groups (broad SMARTS) is 1. The molecule has 1 aromatic rings. The van der Waals surface area contributed by atoms with Gasteiger partial charge in [-0.1, -0.05) is 12.1 Å². The quantitative estimate of drug-likeness (QED) is 0.826. The van der Waals surface area contributed by atoms with Crippen LogP contribution < -0.4 is 4.90 Å². The molecule has 1 N–H and O–H groups in total. The highest BCUT2D eigenvalue weighted by atomic mass is 16.4. The van der Waals surface area contributed by atoms with Crippen LogP contribution in [-0.4, -0.2) is 24.2 Å². The molecule has 15 heavy (non-hydrogen) atoms. The first kappa shape index (κ1) is 11.6. The lowest BCUT2D eigenvalue weighted by Gasteiger charge is -2.26. The lowest BCUT2D eigenvalue weighted by atomic mass is 10.1. The van der Waals surface area contributed by atoms with Crippen LogP contribution in [0.25, 0.3) is 0 Å². The fourth-order valence-electron chi connectivity index (χ4n) is 1.49. The Labute approximate surface area is 90.3 Å². The van der Waals surface area contributed by atoms with Crippen molar-refractivity contribution in [2.75, 3.05) is 11.9 Å². The first-order valence-electron chi connectivity index (χ1n) is 4.97. The topological polar surface area (TPSA) is 40.5 Å². The standard InChI is InChI=1S/C12H17NO2/c1-8-6-5-7-11(9(8)2)13(4)10(3)12(14)15/h5-7,10H,1-4H3,(H,14,15)/t10-/m0/s1. The molecule has 0 aliphatic rings. The highest BCUT2D eigenvalue weighted by Gasteiger charge is 2.18. The lowest BCUT2D eigenvalue weighted by Crippen LogP contribution is -2.36. The first-order chi connectivity index (χ1) is 6.95. The largest absolute Gasteiger partial charge is 0.480 e. The Morgan fingerprint density at radius 1 is 1.40 bits per heavy atom. The van der Waals surface area contributed by atoms with Gasteiger partial charge in [0.15, 0.2) is 0 Å². The van der Waals surface area contributed by atoms with Crippen LogP contribution in [0.1, 0.15) is 18.1 Å². The van der Waals surface area contributed by atoms with E-state index in [0.717, 1.165) is 11.3 Å². The van der Waals surface area contributed by atoms with Crippen molar-refractivity contribution >= 4 is 11.7 Å². The molecular formula is C12H17NO2. The zero-order valence-corrected chi connectivity index (χ0v) is 9.61. The Morgan fingerprint density at radius 3 is 2.53 bits per heavy atom. The highest BCUT2D eigenvalue weighted by molar-refractivity contribution is 5.78. The number of anilines is 1. The van der Waals surface area contributed by atoms with Crippen molar-refractivity contribution in [1.82, 2.24) is 0 Å². The number of nitrogens with zero attached hydrogens (tertiary/aromatic N) is 1. The number of carbonyl (C=O) groups is 1. The fourth-order valence-corrected chi connectivity index (χ4v) is 1.49. The minimum Gasteiger partial charge on any atom is -0.480 e. The maximum atomic E-state index is 10.9. The smallest absolute Gasteiger partial charge is 0.326 e. The summed E-state index contributed by atoms with van der Waals surface area (Å²) in [5, 5.41) is 8.93. The number of hydrogen-bond acceptors (Lipinski definition) is 2. The second kappa shape index (κ2) is 4.34. The van der Waals surface area contributed by atoms with Gasteiger partial charge in [0.2, 0.25) is 0 Å². The minimum absolute atomic E-state index is 0.509. The predicted octanol–water partition coefficient (Wildman–Crippen LogP) is 2.21. The van der Waals surface area contributed by atoms with Crippen LogP contribution in [0.3, 0.4) is 0 Å². The Morgan fingerprint density at radius 2 is 2.00 bits per heavy atom. The molecule has 0 aliphatic carbocycles. The second-order valence-corrected chi connectivity index (χ2v) is 3.84. The Kier molecular flexibility index (Phi) is 3.35. The van der Waals surface area contributed by atoms with Gasteiger partial charge in [0.25, 0.3) is 0 Å². The predicted molar refractivity (Wildman–Crippen MR) is 61.4 cm³/mol. The number of likely N-dealkylation sites (N-methyl/N-ethyl adjacent to an activating group) is 1. The Balaban J connectivity index is 3.06. The average Bonchev–Trinajstić information content (AvgIpc) is 2.20. The zero-order valence-electron chi connectivity index (χ0n) is 9.61. The Bertz CT molecular complexity index is 374. The molecule has 0 aromatic heterocycles. The third kappa shape index (κ3) is 2.29. The molecule has 1 aromatic carbocycles. The van der Waals surface area contributed by atoms with Crippen LogP contribution in [0, 0.1) is 13.8 Å². The average molecular weight is 207 g/mol. The molecule has 0 amide bonds. The number of benzene rings is 1. The van der Waals surface area contributed by atoms with E-state index in [1.54, 1.807) is 18.9 Å². The highest BCUT2D eigenvalue weighted by Crippen LogP contribution is 2.23. The number of carboxylic acids is 1. The molecule has 0 radical (unpaired) electrons. The summed E-state index contributed by atoms with van der Waals surface area (Å²) in [6.07, 6.45) is 0. The van der Waals surface area contributed by atoms with Crippen molar-refractivity contribution in [3.63, 3.8) is 0 Å². The molecule has 82 valence electrons. The number of rotatable bonds is 3. The van der Waals surface area contributed by atoms with E-state index in [1.807, 2.05) is 32.0 Å². The van der Waals surface area contributed by atoms with E-state index < -0.39 is 12.0 Å². The molecule has 1 atom stereocenters. The van der Waals surface area contributed by atoms with Gasteiger partial charge in [-0.2, -0.15) is 0 Å². The number of aryl methyl sites for hydroxylation is 1. The van der Waals surface area contributed by atoms with Crippen LogP contribution in [0.15, 0.2) is 18.2 Å². The summed E-state index contributed by atoms with van der Waals surface area (Å²) in [7, 11) is 1.81. The van der Waals surface area contributed by atoms with Crippen LogP contribution >= 0.6 is 0 Å².